The Bertz CT molecular complexity index is 811. The molecule has 0 unspecified atom stereocenters. The number of nitrogens with zero attached hydrogens (tertiary/aromatic N) is 4. The molecule has 0 amide bonds. The summed E-state index contributed by atoms with van der Waals surface area (Å²) >= 11 is 0. The van der Waals surface area contributed by atoms with Gasteiger partial charge in [-0.2, -0.15) is 0 Å². The molecule has 1 aliphatic rings. The summed E-state index contributed by atoms with van der Waals surface area (Å²) in [4.78, 5) is 8.98. The first-order chi connectivity index (χ1) is 11.3. The van der Waals surface area contributed by atoms with Crippen molar-refractivity contribution in [3.8, 4) is 22.8 Å². The molecule has 2 aromatic heterocycles. The van der Waals surface area contributed by atoms with Crippen LogP contribution in [0.15, 0.2) is 48.7 Å². The van der Waals surface area contributed by atoms with E-state index < -0.39 is 0 Å². The molecule has 5 nitrogen and oxygen atoms in total. The van der Waals surface area contributed by atoms with Gasteiger partial charge in [-0.3, -0.25) is 4.98 Å². The molecule has 2 heterocycles. The fourth-order valence-electron chi connectivity index (χ4n) is 2.36. The number of benzene rings is 1. The number of pyridine rings is 1. The van der Waals surface area contributed by atoms with Crippen LogP contribution in [0, 0.1) is 6.92 Å². The molecule has 1 saturated carbocycles. The van der Waals surface area contributed by atoms with E-state index in [9.17, 15) is 0 Å². The monoisotopic (exact) mass is 303 g/mol. The van der Waals surface area contributed by atoms with E-state index in [1.54, 1.807) is 6.20 Å². The minimum Gasteiger partial charge on any atom is -0.365 e. The van der Waals surface area contributed by atoms with Crippen molar-refractivity contribution in [2.24, 2.45) is 0 Å². The third-order valence-corrected chi connectivity index (χ3v) is 3.82. The van der Waals surface area contributed by atoms with Crippen molar-refractivity contribution in [1.82, 2.24) is 20.2 Å². The number of hydrogen-bond donors (Lipinski definition) is 1. The van der Waals surface area contributed by atoms with Gasteiger partial charge in [-0.15, -0.1) is 10.2 Å². The second-order valence-electron chi connectivity index (χ2n) is 5.83. The molecule has 1 aliphatic carbocycles. The second kappa shape index (κ2) is 5.76. The molecular formula is C18H17N5. The molecule has 0 saturated heterocycles. The first-order valence-corrected chi connectivity index (χ1v) is 7.79. The van der Waals surface area contributed by atoms with E-state index in [4.69, 9.17) is 0 Å². The van der Waals surface area contributed by atoms with Crippen LogP contribution in [-0.2, 0) is 0 Å². The largest absolute Gasteiger partial charge is 0.365 e. The van der Waals surface area contributed by atoms with Crippen LogP contribution in [0.25, 0.3) is 22.8 Å². The van der Waals surface area contributed by atoms with Crippen molar-refractivity contribution >= 4 is 5.82 Å². The lowest BCUT2D eigenvalue weighted by Crippen LogP contribution is -2.08. The highest BCUT2D eigenvalue weighted by atomic mass is 15.2. The van der Waals surface area contributed by atoms with Gasteiger partial charge < -0.3 is 5.32 Å². The van der Waals surface area contributed by atoms with Crippen molar-refractivity contribution < 1.29 is 0 Å². The van der Waals surface area contributed by atoms with E-state index in [0.717, 1.165) is 22.8 Å². The van der Waals surface area contributed by atoms with Crippen molar-refractivity contribution in [3.05, 3.63) is 54.2 Å². The van der Waals surface area contributed by atoms with Crippen LogP contribution in [-0.4, -0.2) is 26.2 Å². The van der Waals surface area contributed by atoms with E-state index in [-0.39, 0.29) is 0 Å². The maximum atomic E-state index is 4.67. The van der Waals surface area contributed by atoms with Gasteiger partial charge >= 0.3 is 0 Å². The highest BCUT2D eigenvalue weighted by molar-refractivity contribution is 5.72. The van der Waals surface area contributed by atoms with Crippen LogP contribution in [0.1, 0.15) is 18.4 Å². The van der Waals surface area contributed by atoms with E-state index in [1.807, 2.05) is 18.2 Å². The van der Waals surface area contributed by atoms with Gasteiger partial charge in [0.1, 0.15) is 11.4 Å². The molecule has 1 fully saturated rings. The van der Waals surface area contributed by atoms with Gasteiger partial charge in [0.15, 0.2) is 5.82 Å². The molecule has 5 heteroatoms. The molecule has 0 aliphatic heterocycles. The standard InChI is InChI=1S/C18H17N5/c1-12-5-7-13(8-6-12)16-18(20-14-9-10-14)21-17(23-22-16)15-4-2-3-11-19-15/h2-8,11,14H,9-10H2,1H3,(H,20,21,23). The molecule has 0 atom stereocenters. The predicted molar refractivity (Wildman–Crippen MR) is 89.9 cm³/mol. The Kier molecular flexibility index (Phi) is 3.46. The maximum Gasteiger partial charge on any atom is 0.202 e. The fraction of sp³-hybridized carbons (Fsp3) is 0.222. The second-order valence-corrected chi connectivity index (χ2v) is 5.83. The zero-order valence-corrected chi connectivity index (χ0v) is 12.9. The molecule has 0 spiro atoms. The van der Waals surface area contributed by atoms with Crippen molar-refractivity contribution in [2.45, 2.75) is 25.8 Å². The van der Waals surface area contributed by atoms with Crippen LogP contribution < -0.4 is 5.32 Å². The minimum atomic E-state index is 0.493. The lowest BCUT2D eigenvalue weighted by molar-refractivity contribution is 0.965. The van der Waals surface area contributed by atoms with Crippen LogP contribution in [0.3, 0.4) is 0 Å². The zero-order valence-electron chi connectivity index (χ0n) is 12.9. The molecule has 3 aromatic rings. The molecule has 23 heavy (non-hydrogen) atoms. The van der Waals surface area contributed by atoms with Gasteiger partial charge in [-0.1, -0.05) is 35.9 Å². The molecule has 114 valence electrons. The van der Waals surface area contributed by atoms with Gasteiger partial charge in [-0.05, 0) is 31.9 Å². The van der Waals surface area contributed by atoms with Gasteiger partial charge in [-0.25, -0.2) is 4.98 Å². The highest BCUT2D eigenvalue weighted by Gasteiger charge is 2.24. The fourth-order valence-corrected chi connectivity index (χ4v) is 2.36. The third kappa shape index (κ3) is 3.04. The van der Waals surface area contributed by atoms with E-state index in [0.29, 0.717) is 11.9 Å². The minimum absolute atomic E-state index is 0.493. The number of nitrogens with one attached hydrogen (secondary N) is 1. The molecule has 1 aromatic carbocycles. The van der Waals surface area contributed by atoms with E-state index in [2.05, 4.69) is 56.7 Å². The molecule has 4 rings (SSSR count). The SMILES string of the molecule is Cc1ccc(-c2nnc(-c3ccccn3)nc2NC2CC2)cc1. The molecule has 0 bridgehead atoms. The Balaban J connectivity index is 1.77. The van der Waals surface area contributed by atoms with Gasteiger partial charge in [0.2, 0.25) is 5.82 Å². The highest BCUT2D eigenvalue weighted by Crippen LogP contribution is 2.30. The van der Waals surface area contributed by atoms with Crippen LogP contribution in [0.4, 0.5) is 5.82 Å². The van der Waals surface area contributed by atoms with Gasteiger partial charge in [0.05, 0.1) is 0 Å². The lowest BCUT2D eigenvalue weighted by atomic mass is 10.1. The summed E-state index contributed by atoms with van der Waals surface area (Å²) in [6, 6.07) is 14.4. The molecule has 1 N–H and O–H groups in total. The van der Waals surface area contributed by atoms with Crippen LogP contribution in [0.5, 0.6) is 0 Å². The van der Waals surface area contributed by atoms with Crippen molar-refractivity contribution in [2.75, 3.05) is 5.32 Å². The number of rotatable bonds is 4. The predicted octanol–water partition coefficient (Wildman–Crippen LogP) is 3.48. The summed E-state index contributed by atoms with van der Waals surface area (Å²) < 4.78 is 0. The van der Waals surface area contributed by atoms with Crippen molar-refractivity contribution in [1.29, 1.82) is 0 Å². The zero-order chi connectivity index (χ0) is 15.6. The Morgan fingerprint density at radius 1 is 1.00 bits per heavy atom. The molecular weight excluding hydrogens is 286 g/mol. The third-order valence-electron chi connectivity index (χ3n) is 3.82. The van der Waals surface area contributed by atoms with Crippen LogP contribution >= 0.6 is 0 Å². The first-order valence-electron chi connectivity index (χ1n) is 7.79. The summed E-state index contributed by atoms with van der Waals surface area (Å²) in [5.74, 6) is 1.33. The Morgan fingerprint density at radius 3 is 2.52 bits per heavy atom. The Morgan fingerprint density at radius 2 is 1.83 bits per heavy atom. The Labute approximate surface area is 134 Å². The van der Waals surface area contributed by atoms with Crippen molar-refractivity contribution in [3.63, 3.8) is 0 Å². The lowest BCUT2D eigenvalue weighted by Gasteiger charge is -2.10. The summed E-state index contributed by atoms with van der Waals surface area (Å²) in [7, 11) is 0. The quantitative estimate of drug-likeness (QED) is 0.799. The summed E-state index contributed by atoms with van der Waals surface area (Å²) in [6.07, 6.45) is 4.09. The van der Waals surface area contributed by atoms with E-state index >= 15 is 0 Å². The normalized spacial score (nSPS) is 13.8. The number of aromatic nitrogens is 4. The van der Waals surface area contributed by atoms with Gasteiger partial charge in [0.25, 0.3) is 0 Å². The van der Waals surface area contributed by atoms with Crippen LogP contribution in [0.2, 0.25) is 0 Å². The average molecular weight is 303 g/mol. The van der Waals surface area contributed by atoms with E-state index in [1.165, 1.54) is 18.4 Å². The average Bonchev–Trinajstić information content (AvgIpc) is 3.41. The smallest absolute Gasteiger partial charge is 0.202 e. The molecule has 0 radical (unpaired) electrons. The summed E-state index contributed by atoms with van der Waals surface area (Å²) in [5.41, 5.74) is 3.76. The summed E-state index contributed by atoms with van der Waals surface area (Å²) in [6.45, 7) is 2.07. The number of anilines is 1. The Hall–Kier alpha value is -2.82. The van der Waals surface area contributed by atoms with Gasteiger partial charge in [0, 0.05) is 17.8 Å². The first kappa shape index (κ1) is 13.8. The topological polar surface area (TPSA) is 63.6 Å². The maximum absolute atomic E-state index is 4.67. The number of hydrogen-bond acceptors (Lipinski definition) is 5. The number of aryl methyl sites for hydroxylation is 1. The summed E-state index contributed by atoms with van der Waals surface area (Å²) in [5, 5.41) is 12.2.